The minimum Gasteiger partial charge on any atom is -0.466 e. The number of methoxy groups -OCH3 is 1. The maximum absolute atomic E-state index is 11.4. The van der Waals surface area contributed by atoms with Gasteiger partial charge in [-0.3, -0.25) is 4.79 Å². The van der Waals surface area contributed by atoms with Gasteiger partial charge in [-0.1, -0.05) is 18.5 Å². The van der Waals surface area contributed by atoms with Gasteiger partial charge >= 0.3 is 5.97 Å². The highest BCUT2D eigenvalue weighted by molar-refractivity contribution is 5.71. The van der Waals surface area contributed by atoms with Gasteiger partial charge in [-0.25, -0.2) is 0 Å². The second kappa shape index (κ2) is 6.35. The molecule has 6 heteroatoms. The van der Waals surface area contributed by atoms with Crippen LogP contribution in [0.25, 0.3) is 0 Å². The van der Waals surface area contributed by atoms with E-state index in [9.17, 15) is 4.79 Å². The molecule has 1 aromatic rings. The lowest BCUT2D eigenvalue weighted by molar-refractivity contribution is -0.142. The summed E-state index contributed by atoms with van der Waals surface area (Å²) < 4.78 is 15.7. The highest BCUT2D eigenvalue weighted by Gasteiger charge is 2.41. The molecule has 1 fully saturated rings. The quantitative estimate of drug-likeness (QED) is 0.771. The SMILES string of the molecule is CCOC(=O)Cc1nc(C2(OC)CCCC(C)C2)no1. The topological polar surface area (TPSA) is 74.5 Å². The van der Waals surface area contributed by atoms with Crippen molar-refractivity contribution in [3.8, 4) is 0 Å². The Kier molecular flexibility index (Phi) is 4.75. The van der Waals surface area contributed by atoms with E-state index in [1.165, 1.54) is 6.42 Å². The Labute approximate surface area is 118 Å². The van der Waals surface area contributed by atoms with Gasteiger partial charge in [0.2, 0.25) is 11.7 Å². The third kappa shape index (κ3) is 3.17. The first-order valence-corrected chi connectivity index (χ1v) is 7.13. The molecule has 0 aliphatic heterocycles. The van der Waals surface area contributed by atoms with Crippen molar-refractivity contribution in [1.82, 2.24) is 10.1 Å². The average molecular weight is 282 g/mol. The summed E-state index contributed by atoms with van der Waals surface area (Å²) in [6.45, 7) is 4.31. The van der Waals surface area contributed by atoms with E-state index in [4.69, 9.17) is 14.0 Å². The Bertz CT molecular complexity index is 460. The number of aromatic nitrogens is 2. The molecule has 1 saturated carbocycles. The monoisotopic (exact) mass is 282 g/mol. The molecule has 6 nitrogen and oxygen atoms in total. The van der Waals surface area contributed by atoms with Gasteiger partial charge in [0.15, 0.2) is 0 Å². The van der Waals surface area contributed by atoms with E-state index in [-0.39, 0.29) is 18.3 Å². The summed E-state index contributed by atoms with van der Waals surface area (Å²) in [6.07, 6.45) is 4.04. The van der Waals surface area contributed by atoms with Crippen LogP contribution in [-0.4, -0.2) is 29.8 Å². The lowest BCUT2D eigenvalue weighted by Gasteiger charge is -2.36. The predicted octanol–water partition coefficient (Wildman–Crippen LogP) is 2.23. The molecule has 0 amide bonds. The standard InChI is InChI=1S/C14H22N2O4/c1-4-19-12(17)8-11-15-13(16-20-11)14(18-3)7-5-6-10(2)9-14/h10H,4-9H2,1-3H3. The van der Waals surface area contributed by atoms with Crippen molar-refractivity contribution >= 4 is 5.97 Å². The zero-order valence-electron chi connectivity index (χ0n) is 12.3. The molecular weight excluding hydrogens is 260 g/mol. The maximum Gasteiger partial charge on any atom is 0.315 e. The number of nitrogens with zero attached hydrogens (tertiary/aromatic N) is 2. The van der Waals surface area contributed by atoms with Crippen molar-refractivity contribution in [3.63, 3.8) is 0 Å². The fraction of sp³-hybridized carbons (Fsp3) is 0.786. The Balaban J connectivity index is 2.11. The van der Waals surface area contributed by atoms with Crippen LogP contribution in [0.2, 0.25) is 0 Å². The summed E-state index contributed by atoms with van der Waals surface area (Å²) in [7, 11) is 1.68. The van der Waals surface area contributed by atoms with Crippen LogP contribution in [0.5, 0.6) is 0 Å². The molecule has 2 atom stereocenters. The maximum atomic E-state index is 11.4. The second-order valence-corrected chi connectivity index (χ2v) is 5.39. The van der Waals surface area contributed by atoms with Gasteiger partial charge in [-0.2, -0.15) is 4.98 Å². The van der Waals surface area contributed by atoms with Gasteiger partial charge < -0.3 is 14.0 Å². The zero-order chi connectivity index (χ0) is 14.6. The van der Waals surface area contributed by atoms with Crippen molar-refractivity contribution in [3.05, 3.63) is 11.7 Å². The fourth-order valence-electron chi connectivity index (χ4n) is 2.83. The number of rotatable bonds is 5. The lowest BCUT2D eigenvalue weighted by atomic mass is 9.78. The van der Waals surface area contributed by atoms with Crippen molar-refractivity contribution in [2.45, 2.75) is 51.6 Å². The number of ether oxygens (including phenoxy) is 2. The van der Waals surface area contributed by atoms with E-state index in [1.807, 2.05) is 0 Å². The molecule has 2 unspecified atom stereocenters. The number of carbonyl (C=O) groups excluding carboxylic acids is 1. The van der Waals surface area contributed by atoms with Gasteiger partial charge in [0.05, 0.1) is 6.61 Å². The van der Waals surface area contributed by atoms with E-state index in [2.05, 4.69) is 17.1 Å². The van der Waals surface area contributed by atoms with Crippen molar-refractivity contribution in [2.75, 3.05) is 13.7 Å². The number of hydrogen-bond acceptors (Lipinski definition) is 6. The molecular formula is C14H22N2O4. The van der Waals surface area contributed by atoms with E-state index in [0.717, 1.165) is 19.3 Å². The van der Waals surface area contributed by atoms with Crippen molar-refractivity contribution in [2.24, 2.45) is 5.92 Å². The van der Waals surface area contributed by atoms with Crippen LogP contribution < -0.4 is 0 Å². The van der Waals surface area contributed by atoms with Gasteiger partial charge in [-0.15, -0.1) is 0 Å². The minimum atomic E-state index is -0.478. The average Bonchev–Trinajstić information content (AvgIpc) is 2.88. The molecule has 0 aromatic carbocycles. The molecule has 0 radical (unpaired) electrons. The van der Waals surface area contributed by atoms with E-state index in [1.54, 1.807) is 14.0 Å². The number of carbonyl (C=O) groups is 1. The van der Waals surface area contributed by atoms with Gasteiger partial charge in [0.1, 0.15) is 12.0 Å². The first kappa shape index (κ1) is 15.0. The van der Waals surface area contributed by atoms with Gasteiger partial charge in [0, 0.05) is 7.11 Å². The summed E-state index contributed by atoms with van der Waals surface area (Å²) in [4.78, 5) is 15.7. The molecule has 0 spiro atoms. The Morgan fingerprint density at radius 2 is 2.35 bits per heavy atom. The van der Waals surface area contributed by atoms with Crippen LogP contribution in [0.4, 0.5) is 0 Å². The normalized spacial score (nSPS) is 26.4. The van der Waals surface area contributed by atoms with Crippen LogP contribution in [0, 0.1) is 5.92 Å². The summed E-state index contributed by atoms with van der Waals surface area (Å²) in [6, 6.07) is 0. The molecule has 112 valence electrons. The van der Waals surface area contributed by atoms with Gasteiger partial charge in [0.25, 0.3) is 0 Å². The van der Waals surface area contributed by atoms with E-state index >= 15 is 0 Å². The summed E-state index contributed by atoms with van der Waals surface area (Å²) in [5.74, 6) is 1.04. The van der Waals surface area contributed by atoms with Crippen LogP contribution in [-0.2, 0) is 26.3 Å². The molecule has 0 N–H and O–H groups in total. The zero-order valence-corrected chi connectivity index (χ0v) is 12.3. The Morgan fingerprint density at radius 1 is 1.55 bits per heavy atom. The Morgan fingerprint density at radius 3 is 3.00 bits per heavy atom. The fourth-order valence-corrected chi connectivity index (χ4v) is 2.83. The third-order valence-electron chi connectivity index (χ3n) is 3.82. The predicted molar refractivity (Wildman–Crippen MR) is 71.0 cm³/mol. The smallest absolute Gasteiger partial charge is 0.315 e. The largest absolute Gasteiger partial charge is 0.466 e. The number of hydrogen-bond donors (Lipinski definition) is 0. The second-order valence-electron chi connectivity index (χ2n) is 5.39. The van der Waals surface area contributed by atoms with Crippen LogP contribution >= 0.6 is 0 Å². The van der Waals surface area contributed by atoms with Crippen molar-refractivity contribution < 1.29 is 18.8 Å². The third-order valence-corrected chi connectivity index (χ3v) is 3.82. The highest BCUT2D eigenvalue weighted by atomic mass is 16.5. The van der Waals surface area contributed by atoms with Crippen LogP contribution in [0.1, 0.15) is 51.2 Å². The van der Waals surface area contributed by atoms with Crippen LogP contribution in [0.15, 0.2) is 4.52 Å². The molecule has 20 heavy (non-hydrogen) atoms. The highest BCUT2D eigenvalue weighted by Crippen LogP contribution is 2.41. The summed E-state index contributed by atoms with van der Waals surface area (Å²) >= 11 is 0. The number of esters is 1. The van der Waals surface area contributed by atoms with E-state index in [0.29, 0.717) is 18.3 Å². The molecule has 0 bridgehead atoms. The summed E-state index contributed by atoms with van der Waals surface area (Å²) in [5, 5.41) is 4.01. The Hall–Kier alpha value is -1.43. The first-order valence-electron chi connectivity index (χ1n) is 7.13. The first-order chi connectivity index (χ1) is 9.59. The minimum absolute atomic E-state index is 0.0101. The van der Waals surface area contributed by atoms with Crippen LogP contribution in [0.3, 0.4) is 0 Å². The molecule has 1 aliphatic rings. The lowest BCUT2D eigenvalue weighted by Crippen LogP contribution is -2.35. The van der Waals surface area contributed by atoms with E-state index < -0.39 is 5.60 Å². The summed E-state index contributed by atoms with van der Waals surface area (Å²) in [5.41, 5.74) is -0.478. The molecule has 1 aromatic heterocycles. The molecule has 1 heterocycles. The molecule has 0 saturated heterocycles. The molecule has 1 aliphatic carbocycles. The van der Waals surface area contributed by atoms with Gasteiger partial charge in [-0.05, 0) is 32.1 Å². The van der Waals surface area contributed by atoms with Crippen molar-refractivity contribution in [1.29, 1.82) is 0 Å². The molecule has 2 rings (SSSR count).